The third-order valence-corrected chi connectivity index (χ3v) is 4.70. The van der Waals surface area contributed by atoms with Crippen LogP contribution in [0.1, 0.15) is 28.9 Å². The normalized spacial score (nSPS) is 17.0. The van der Waals surface area contributed by atoms with Crippen molar-refractivity contribution in [2.45, 2.75) is 25.8 Å². The molecular weight excluding hydrogens is 334 g/mol. The highest BCUT2D eigenvalue weighted by Crippen LogP contribution is 2.25. The molecule has 134 valence electrons. The third-order valence-electron chi connectivity index (χ3n) is 4.70. The van der Waals surface area contributed by atoms with Crippen LogP contribution < -0.4 is 10.5 Å². The summed E-state index contributed by atoms with van der Waals surface area (Å²) < 4.78 is 11.1. The van der Waals surface area contributed by atoms with Crippen LogP contribution in [0.5, 0.6) is 5.75 Å². The van der Waals surface area contributed by atoms with Gasteiger partial charge in [-0.2, -0.15) is 0 Å². The lowest BCUT2D eigenvalue weighted by Crippen LogP contribution is -2.39. The van der Waals surface area contributed by atoms with Crippen LogP contribution in [0.15, 0.2) is 45.7 Å². The molecule has 26 heavy (non-hydrogen) atoms. The van der Waals surface area contributed by atoms with Crippen LogP contribution in [0.4, 0.5) is 0 Å². The highest BCUT2D eigenvalue weighted by Gasteiger charge is 2.31. The number of aromatic nitrogens is 2. The van der Waals surface area contributed by atoms with Gasteiger partial charge in [-0.05, 0) is 44.0 Å². The second kappa shape index (κ2) is 6.67. The van der Waals surface area contributed by atoms with Gasteiger partial charge in [-0.15, -0.1) is 0 Å². The topological polar surface area (TPSA) is 88.4 Å². The number of nitrogens with zero attached hydrogens (tertiary/aromatic N) is 2. The molecule has 0 bridgehead atoms. The molecule has 0 radical (unpaired) electrons. The summed E-state index contributed by atoms with van der Waals surface area (Å²) in [4.78, 5) is 33.1. The molecule has 0 spiro atoms. The standard InChI is InChI=1S/C19H19N3O4/c1-12-16(8-3-9-20-12)25-11-13-5-4-10-22(13)18(23)14-6-2-7-15-17(14)26-19(24)21-15/h2-3,6-9,13H,4-5,10-11H2,1H3,(H,21,24). The molecule has 1 saturated heterocycles. The fraction of sp³-hybridized carbons (Fsp3) is 0.316. The molecule has 3 aromatic rings. The van der Waals surface area contributed by atoms with Crippen LogP contribution in [-0.2, 0) is 0 Å². The van der Waals surface area contributed by atoms with E-state index in [1.54, 1.807) is 29.3 Å². The number of carbonyl (C=O) groups is 1. The summed E-state index contributed by atoms with van der Waals surface area (Å²) in [6.45, 7) is 2.96. The minimum Gasteiger partial charge on any atom is -0.490 e. The Morgan fingerprint density at radius 1 is 1.38 bits per heavy atom. The lowest BCUT2D eigenvalue weighted by Gasteiger charge is -2.25. The van der Waals surface area contributed by atoms with Crippen molar-refractivity contribution in [2.75, 3.05) is 13.2 Å². The first-order valence-corrected chi connectivity index (χ1v) is 8.60. The Bertz CT molecular complexity index is 1010. The first-order chi connectivity index (χ1) is 12.6. The van der Waals surface area contributed by atoms with Gasteiger partial charge in [0.05, 0.1) is 22.8 Å². The Morgan fingerprint density at radius 3 is 3.12 bits per heavy atom. The third kappa shape index (κ3) is 2.96. The molecule has 1 N–H and O–H groups in total. The zero-order chi connectivity index (χ0) is 18.1. The number of ether oxygens (including phenoxy) is 1. The molecule has 3 heterocycles. The zero-order valence-corrected chi connectivity index (χ0v) is 14.4. The largest absolute Gasteiger partial charge is 0.490 e. The van der Waals surface area contributed by atoms with Crippen LogP contribution in [0, 0.1) is 6.92 Å². The number of benzene rings is 1. The number of aryl methyl sites for hydroxylation is 1. The average Bonchev–Trinajstić information content (AvgIpc) is 3.25. The van der Waals surface area contributed by atoms with Crippen molar-refractivity contribution in [1.29, 1.82) is 0 Å². The summed E-state index contributed by atoms with van der Waals surface area (Å²) in [7, 11) is 0. The molecule has 1 aliphatic rings. The fourth-order valence-electron chi connectivity index (χ4n) is 3.38. The SMILES string of the molecule is Cc1ncccc1OCC1CCCN1C(=O)c1cccc2[nH]c(=O)oc12. The van der Waals surface area contributed by atoms with E-state index < -0.39 is 5.76 Å². The van der Waals surface area contributed by atoms with E-state index in [-0.39, 0.29) is 11.9 Å². The quantitative estimate of drug-likeness (QED) is 0.778. The summed E-state index contributed by atoms with van der Waals surface area (Å²) in [5.74, 6) is 0.0199. The Kier molecular flexibility index (Phi) is 4.20. The Morgan fingerprint density at radius 2 is 2.27 bits per heavy atom. The monoisotopic (exact) mass is 353 g/mol. The molecule has 0 saturated carbocycles. The van der Waals surface area contributed by atoms with Crippen molar-refractivity contribution in [1.82, 2.24) is 14.9 Å². The van der Waals surface area contributed by atoms with Gasteiger partial charge in [0.1, 0.15) is 12.4 Å². The lowest BCUT2D eigenvalue weighted by atomic mass is 10.1. The molecule has 0 aliphatic carbocycles. The summed E-state index contributed by atoms with van der Waals surface area (Å²) in [6, 6.07) is 8.81. The molecule has 2 aromatic heterocycles. The second-order valence-corrected chi connectivity index (χ2v) is 6.39. The van der Waals surface area contributed by atoms with E-state index >= 15 is 0 Å². The maximum absolute atomic E-state index is 13.0. The van der Waals surface area contributed by atoms with Crippen molar-refractivity contribution >= 4 is 17.0 Å². The van der Waals surface area contributed by atoms with Crippen molar-refractivity contribution in [2.24, 2.45) is 0 Å². The van der Waals surface area contributed by atoms with E-state index in [0.29, 0.717) is 29.8 Å². The molecule has 1 fully saturated rings. The Hall–Kier alpha value is -3.09. The summed E-state index contributed by atoms with van der Waals surface area (Å²) >= 11 is 0. The smallest absolute Gasteiger partial charge is 0.417 e. The number of para-hydroxylation sites is 1. The van der Waals surface area contributed by atoms with Gasteiger partial charge < -0.3 is 14.1 Å². The van der Waals surface area contributed by atoms with Crippen LogP contribution >= 0.6 is 0 Å². The number of oxazole rings is 1. The first-order valence-electron chi connectivity index (χ1n) is 8.60. The Balaban J connectivity index is 1.55. The number of nitrogens with one attached hydrogen (secondary N) is 1. The average molecular weight is 353 g/mol. The van der Waals surface area contributed by atoms with Crippen LogP contribution in [0.2, 0.25) is 0 Å². The number of hydrogen-bond donors (Lipinski definition) is 1. The van der Waals surface area contributed by atoms with Crippen molar-refractivity contribution < 1.29 is 13.9 Å². The molecule has 1 atom stereocenters. The maximum Gasteiger partial charge on any atom is 0.417 e. The molecule has 7 heteroatoms. The molecule has 1 amide bonds. The van der Waals surface area contributed by atoms with E-state index in [4.69, 9.17) is 9.15 Å². The minimum atomic E-state index is -0.561. The number of fused-ring (bicyclic) bond motifs is 1. The van der Waals surface area contributed by atoms with Gasteiger partial charge in [0.15, 0.2) is 5.58 Å². The Labute approximate surface area is 149 Å². The molecular formula is C19H19N3O4. The predicted octanol–water partition coefficient (Wildman–Crippen LogP) is 2.51. The highest BCUT2D eigenvalue weighted by atomic mass is 16.5. The first kappa shape index (κ1) is 16.4. The fourth-order valence-corrected chi connectivity index (χ4v) is 3.38. The highest BCUT2D eigenvalue weighted by molar-refractivity contribution is 6.04. The van der Waals surface area contributed by atoms with Crippen molar-refractivity contribution in [3.05, 3.63) is 58.3 Å². The number of H-pyrrole nitrogens is 1. The molecule has 4 rings (SSSR count). The molecule has 1 unspecified atom stereocenters. The zero-order valence-electron chi connectivity index (χ0n) is 14.4. The van der Waals surface area contributed by atoms with Gasteiger partial charge in [0, 0.05) is 12.7 Å². The van der Waals surface area contributed by atoms with Gasteiger partial charge >= 0.3 is 5.76 Å². The van der Waals surface area contributed by atoms with Gasteiger partial charge in [-0.1, -0.05) is 6.07 Å². The number of carbonyl (C=O) groups excluding carboxylic acids is 1. The van der Waals surface area contributed by atoms with E-state index in [0.717, 1.165) is 24.3 Å². The number of likely N-dealkylation sites (tertiary alicyclic amines) is 1. The van der Waals surface area contributed by atoms with Gasteiger partial charge in [0.2, 0.25) is 0 Å². The van der Waals surface area contributed by atoms with Gasteiger partial charge in [-0.25, -0.2) is 4.79 Å². The number of hydrogen-bond acceptors (Lipinski definition) is 5. The molecule has 7 nitrogen and oxygen atoms in total. The van der Waals surface area contributed by atoms with Crippen molar-refractivity contribution in [3.8, 4) is 5.75 Å². The number of pyridine rings is 1. The number of rotatable bonds is 4. The van der Waals surface area contributed by atoms with E-state index in [1.165, 1.54) is 0 Å². The minimum absolute atomic E-state index is 0.0250. The van der Waals surface area contributed by atoms with E-state index in [1.807, 2.05) is 19.1 Å². The molecule has 1 aliphatic heterocycles. The van der Waals surface area contributed by atoms with E-state index in [2.05, 4.69) is 9.97 Å². The van der Waals surface area contributed by atoms with Gasteiger partial charge in [-0.3, -0.25) is 14.8 Å². The summed E-state index contributed by atoms with van der Waals surface area (Å²) in [6.07, 6.45) is 3.51. The lowest BCUT2D eigenvalue weighted by molar-refractivity contribution is 0.0692. The van der Waals surface area contributed by atoms with Gasteiger partial charge in [0.25, 0.3) is 5.91 Å². The van der Waals surface area contributed by atoms with Crippen LogP contribution in [-0.4, -0.2) is 40.0 Å². The number of amides is 1. The second-order valence-electron chi connectivity index (χ2n) is 6.39. The van der Waals surface area contributed by atoms with Crippen LogP contribution in [0.25, 0.3) is 11.1 Å². The maximum atomic E-state index is 13.0. The van der Waals surface area contributed by atoms with Crippen LogP contribution in [0.3, 0.4) is 0 Å². The van der Waals surface area contributed by atoms with E-state index in [9.17, 15) is 9.59 Å². The van der Waals surface area contributed by atoms with Crippen molar-refractivity contribution in [3.63, 3.8) is 0 Å². The predicted molar refractivity (Wildman–Crippen MR) is 95.4 cm³/mol. The molecule has 1 aromatic carbocycles. The summed E-state index contributed by atoms with van der Waals surface area (Å²) in [5.41, 5.74) is 2.04. The number of aromatic amines is 1. The summed E-state index contributed by atoms with van der Waals surface area (Å²) in [5, 5.41) is 0.